The molecule has 0 atom stereocenters. The van der Waals surface area contributed by atoms with Crippen LogP contribution in [0.1, 0.15) is 5.69 Å². The fraction of sp³-hybridized carbons (Fsp3) is 0.125. The first-order valence-electron chi connectivity index (χ1n) is 7.00. The van der Waals surface area contributed by atoms with Gasteiger partial charge in [-0.1, -0.05) is 18.2 Å². The molecule has 3 aromatic rings. The lowest BCUT2D eigenvalue weighted by Gasteiger charge is -2.09. The predicted octanol–water partition coefficient (Wildman–Crippen LogP) is 1.03. The van der Waals surface area contributed by atoms with Crippen LogP contribution in [0.3, 0.4) is 0 Å². The van der Waals surface area contributed by atoms with Crippen molar-refractivity contribution in [3.63, 3.8) is 0 Å². The van der Waals surface area contributed by atoms with Gasteiger partial charge in [0, 0.05) is 5.69 Å². The topological polar surface area (TPSA) is 96.9 Å². The van der Waals surface area contributed by atoms with E-state index in [1.165, 1.54) is 4.57 Å². The van der Waals surface area contributed by atoms with Gasteiger partial charge in [-0.05, 0) is 31.2 Å². The first-order chi connectivity index (χ1) is 11.0. The van der Waals surface area contributed by atoms with Crippen LogP contribution in [0.4, 0.5) is 5.82 Å². The Labute approximate surface area is 130 Å². The number of amides is 1. The Balaban J connectivity index is 1.94. The van der Waals surface area contributed by atoms with Crippen molar-refractivity contribution in [2.75, 3.05) is 5.32 Å². The van der Waals surface area contributed by atoms with Gasteiger partial charge in [-0.2, -0.15) is 0 Å². The minimum atomic E-state index is -0.624. The lowest BCUT2D eigenvalue weighted by atomic mass is 10.2. The molecule has 0 unspecified atom stereocenters. The predicted molar refractivity (Wildman–Crippen MR) is 86.4 cm³/mol. The molecule has 116 valence electrons. The largest absolute Gasteiger partial charge is 0.329 e. The van der Waals surface area contributed by atoms with Crippen LogP contribution >= 0.6 is 0 Å². The lowest BCUT2D eigenvalue weighted by molar-refractivity contribution is -0.116. The van der Waals surface area contributed by atoms with Crippen LogP contribution in [-0.4, -0.2) is 20.4 Å². The van der Waals surface area contributed by atoms with E-state index in [0.29, 0.717) is 16.7 Å². The van der Waals surface area contributed by atoms with E-state index in [1.807, 2.05) is 13.0 Å². The Morgan fingerprint density at radius 1 is 1.17 bits per heavy atom. The standard InChI is InChI=1S/C16H14N4O3/c1-10-5-4-8-13(17-10)18-14(21)9-20-12-7-3-2-6-11(12)15(22)19-16(20)23/h2-8H,9H2,1H3,(H,17,18,21)(H,19,22,23). The maximum absolute atomic E-state index is 12.2. The Hall–Kier alpha value is -3.22. The van der Waals surface area contributed by atoms with Gasteiger partial charge >= 0.3 is 5.69 Å². The van der Waals surface area contributed by atoms with Crippen molar-refractivity contribution in [2.24, 2.45) is 0 Å². The van der Waals surface area contributed by atoms with Gasteiger partial charge in [0.1, 0.15) is 12.4 Å². The number of H-pyrrole nitrogens is 1. The number of aromatic nitrogens is 3. The smallest absolute Gasteiger partial charge is 0.309 e. The normalized spacial score (nSPS) is 10.7. The Bertz CT molecular complexity index is 1000. The quantitative estimate of drug-likeness (QED) is 0.755. The van der Waals surface area contributed by atoms with E-state index < -0.39 is 17.2 Å². The molecular formula is C16H14N4O3. The first kappa shape index (κ1) is 14.7. The number of nitrogens with zero attached hydrogens (tertiary/aromatic N) is 2. The number of fused-ring (bicyclic) bond motifs is 1. The minimum Gasteiger partial charge on any atom is -0.309 e. The average Bonchev–Trinajstić information content (AvgIpc) is 2.51. The van der Waals surface area contributed by atoms with E-state index in [2.05, 4.69) is 15.3 Å². The molecule has 0 saturated carbocycles. The van der Waals surface area contributed by atoms with E-state index in [4.69, 9.17) is 0 Å². The monoisotopic (exact) mass is 310 g/mol. The molecule has 1 amide bonds. The number of hydrogen-bond donors (Lipinski definition) is 2. The van der Waals surface area contributed by atoms with Gasteiger partial charge in [-0.3, -0.25) is 19.1 Å². The maximum Gasteiger partial charge on any atom is 0.329 e. The van der Waals surface area contributed by atoms with Gasteiger partial charge in [-0.15, -0.1) is 0 Å². The molecule has 2 aromatic heterocycles. The summed E-state index contributed by atoms with van der Waals surface area (Å²) in [5.74, 6) is 0.0131. The number of carbonyl (C=O) groups is 1. The second-order valence-corrected chi connectivity index (χ2v) is 5.07. The molecule has 0 saturated heterocycles. The first-order valence-corrected chi connectivity index (χ1v) is 7.00. The van der Waals surface area contributed by atoms with Crippen molar-refractivity contribution in [3.05, 3.63) is 69.0 Å². The van der Waals surface area contributed by atoms with Crippen molar-refractivity contribution in [3.8, 4) is 0 Å². The van der Waals surface area contributed by atoms with Crippen LogP contribution < -0.4 is 16.6 Å². The van der Waals surface area contributed by atoms with E-state index >= 15 is 0 Å². The van der Waals surface area contributed by atoms with Crippen LogP contribution in [0.5, 0.6) is 0 Å². The molecule has 1 aromatic carbocycles. The molecule has 23 heavy (non-hydrogen) atoms. The number of rotatable bonds is 3. The highest BCUT2D eigenvalue weighted by Gasteiger charge is 2.11. The molecule has 0 bridgehead atoms. The van der Waals surface area contributed by atoms with Crippen molar-refractivity contribution < 1.29 is 4.79 Å². The number of aryl methyl sites for hydroxylation is 1. The molecule has 7 heteroatoms. The zero-order valence-electron chi connectivity index (χ0n) is 12.4. The van der Waals surface area contributed by atoms with Crippen LogP contribution in [0.15, 0.2) is 52.1 Å². The fourth-order valence-corrected chi connectivity index (χ4v) is 2.34. The zero-order chi connectivity index (χ0) is 16.4. The van der Waals surface area contributed by atoms with Gasteiger partial charge < -0.3 is 5.32 Å². The van der Waals surface area contributed by atoms with Crippen molar-refractivity contribution in [1.29, 1.82) is 0 Å². The summed E-state index contributed by atoms with van der Waals surface area (Å²) < 4.78 is 1.22. The van der Waals surface area contributed by atoms with E-state index in [-0.39, 0.29) is 6.54 Å². The molecule has 0 spiro atoms. The van der Waals surface area contributed by atoms with E-state index in [9.17, 15) is 14.4 Å². The fourth-order valence-electron chi connectivity index (χ4n) is 2.34. The summed E-state index contributed by atoms with van der Waals surface area (Å²) in [7, 11) is 0. The number of nitrogens with one attached hydrogen (secondary N) is 2. The lowest BCUT2D eigenvalue weighted by Crippen LogP contribution is -2.34. The van der Waals surface area contributed by atoms with Crippen molar-refractivity contribution in [2.45, 2.75) is 13.5 Å². The molecule has 0 aliphatic rings. The highest BCUT2D eigenvalue weighted by molar-refractivity contribution is 5.90. The van der Waals surface area contributed by atoms with Crippen LogP contribution in [0.25, 0.3) is 10.9 Å². The van der Waals surface area contributed by atoms with Crippen LogP contribution in [0.2, 0.25) is 0 Å². The molecular weight excluding hydrogens is 296 g/mol. The van der Waals surface area contributed by atoms with E-state index in [1.54, 1.807) is 36.4 Å². The SMILES string of the molecule is Cc1cccc(NC(=O)Cn2c(=O)[nH]c(=O)c3ccccc32)n1. The Kier molecular flexibility index (Phi) is 3.76. The third kappa shape index (κ3) is 3.03. The summed E-state index contributed by atoms with van der Waals surface area (Å²) in [5.41, 5.74) is 0.0896. The summed E-state index contributed by atoms with van der Waals surface area (Å²) in [6.45, 7) is 1.60. The van der Waals surface area contributed by atoms with Crippen LogP contribution in [0, 0.1) is 6.92 Å². The second kappa shape index (κ2) is 5.88. The summed E-state index contributed by atoms with van der Waals surface area (Å²) in [6, 6.07) is 11.9. The van der Waals surface area contributed by atoms with Crippen molar-refractivity contribution in [1.82, 2.24) is 14.5 Å². The zero-order valence-corrected chi connectivity index (χ0v) is 12.4. The Morgan fingerprint density at radius 3 is 2.74 bits per heavy atom. The number of para-hydroxylation sites is 1. The number of benzene rings is 1. The number of anilines is 1. The molecule has 0 aliphatic carbocycles. The molecule has 0 aliphatic heterocycles. The number of pyridine rings is 1. The van der Waals surface area contributed by atoms with Crippen LogP contribution in [-0.2, 0) is 11.3 Å². The number of aromatic amines is 1. The van der Waals surface area contributed by atoms with Crippen molar-refractivity contribution >= 4 is 22.6 Å². The molecule has 2 N–H and O–H groups in total. The molecule has 0 fully saturated rings. The highest BCUT2D eigenvalue weighted by atomic mass is 16.2. The van der Waals surface area contributed by atoms with Gasteiger partial charge in [0.25, 0.3) is 5.56 Å². The third-order valence-electron chi connectivity index (χ3n) is 3.36. The van der Waals surface area contributed by atoms with Gasteiger partial charge in [0.15, 0.2) is 0 Å². The molecule has 0 radical (unpaired) electrons. The average molecular weight is 310 g/mol. The maximum atomic E-state index is 12.2. The van der Waals surface area contributed by atoms with Gasteiger partial charge in [-0.25, -0.2) is 9.78 Å². The molecule has 3 rings (SSSR count). The number of hydrogen-bond acceptors (Lipinski definition) is 4. The summed E-state index contributed by atoms with van der Waals surface area (Å²) in [5, 5.41) is 2.99. The second-order valence-electron chi connectivity index (χ2n) is 5.07. The highest BCUT2D eigenvalue weighted by Crippen LogP contribution is 2.08. The summed E-state index contributed by atoms with van der Waals surface area (Å²) in [4.78, 5) is 42.4. The summed E-state index contributed by atoms with van der Waals surface area (Å²) >= 11 is 0. The van der Waals surface area contributed by atoms with Gasteiger partial charge in [0.05, 0.1) is 10.9 Å². The van der Waals surface area contributed by atoms with Gasteiger partial charge in [0.2, 0.25) is 5.91 Å². The minimum absolute atomic E-state index is 0.217. The molecule has 2 heterocycles. The molecule has 7 nitrogen and oxygen atoms in total. The van der Waals surface area contributed by atoms with E-state index in [0.717, 1.165) is 5.69 Å². The Morgan fingerprint density at radius 2 is 1.96 bits per heavy atom. The summed E-state index contributed by atoms with van der Waals surface area (Å²) in [6.07, 6.45) is 0. The number of carbonyl (C=O) groups excluding carboxylic acids is 1. The third-order valence-corrected chi connectivity index (χ3v) is 3.36.